The second-order valence-electron chi connectivity index (χ2n) is 5.85. The molecule has 0 aliphatic rings. The van der Waals surface area contributed by atoms with Crippen molar-refractivity contribution >= 4 is 10.8 Å². The molecule has 4 nitrogen and oxygen atoms in total. The first-order valence-electron chi connectivity index (χ1n) is 7.63. The Morgan fingerprint density at radius 1 is 1.12 bits per heavy atom. The number of alkyl halides is 3. The van der Waals surface area contributed by atoms with Gasteiger partial charge >= 0.3 is 6.36 Å². The van der Waals surface area contributed by atoms with Gasteiger partial charge in [0.1, 0.15) is 5.75 Å². The zero-order valence-electron chi connectivity index (χ0n) is 13.5. The molecule has 0 bridgehead atoms. The quantitative estimate of drug-likeness (QED) is 0.746. The molecule has 7 heteroatoms. The zero-order chi connectivity index (χ0) is 18.2. The summed E-state index contributed by atoms with van der Waals surface area (Å²) in [6, 6.07) is 9.41. The highest BCUT2D eigenvalue weighted by Crippen LogP contribution is 2.32. The summed E-state index contributed by atoms with van der Waals surface area (Å²) in [5.74, 6) is -0.159. The van der Waals surface area contributed by atoms with Crippen LogP contribution in [0.5, 0.6) is 11.6 Å². The maximum absolute atomic E-state index is 12.2. The van der Waals surface area contributed by atoms with Gasteiger partial charge in [-0.25, -0.2) is 0 Å². The number of benzene rings is 2. The molecule has 3 aromatic rings. The average Bonchev–Trinajstić information content (AvgIpc) is 2.84. The third-order valence-corrected chi connectivity index (χ3v) is 3.96. The molecule has 0 aliphatic heterocycles. The van der Waals surface area contributed by atoms with Crippen molar-refractivity contribution in [2.45, 2.75) is 26.4 Å². The molecule has 132 valence electrons. The largest absolute Gasteiger partial charge is 0.573 e. The molecular weight excluding hydrogens is 333 g/mol. The summed E-state index contributed by atoms with van der Waals surface area (Å²) in [4.78, 5) is 0. The first-order chi connectivity index (χ1) is 11.8. The number of fused-ring (bicyclic) bond motifs is 1. The molecule has 2 aromatic carbocycles. The molecule has 0 saturated heterocycles. The minimum Gasteiger partial charge on any atom is -0.494 e. The number of nitrogens with zero attached hydrogens (tertiary/aromatic N) is 1. The monoisotopic (exact) mass is 350 g/mol. The third-order valence-electron chi connectivity index (χ3n) is 3.96. The predicted octanol–water partition coefficient (Wildman–Crippen LogP) is 4.06. The van der Waals surface area contributed by atoms with Gasteiger partial charge in [-0.3, -0.25) is 0 Å². The fourth-order valence-corrected chi connectivity index (χ4v) is 2.90. The molecule has 0 unspecified atom stereocenters. The Labute approximate surface area is 142 Å². The summed E-state index contributed by atoms with van der Waals surface area (Å²) in [6.07, 6.45) is -2.91. The summed E-state index contributed by atoms with van der Waals surface area (Å²) in [5, 5.41) is 12.1. The molecule has 0 spiro atoms. The van der Waals surface area contributed by atoms with Gasteiger partial charge in [-0.05, 0) is 41.8 Å². The number of hydrogen-bond donors (Lipinski definition) is 2. The highest BCUT2D eigenvalue weighted by atomic mass is 19.4. The maximum atomic E-state index is 12.2. The Morgan fingerprint density at radius 2 is 1.80 bits per heavy atom. The standard InChI is InChI=1S/C18H17F3N2O2/c1-11-6-13(8-22)7-14-10-23(17(24)16(11)14)9-12-2-4-15(5-3-12)25-18(19,20)21/h2-7,10,24H,8-9,22H2,1H3. The van der Waals surface area contributed by atoms with E-state index in [9.17, 15) is 18.3 Å². The summed E-state index contributed by atoms with van der Waals surface area (Å²) in [5.41, 5.74) is 8.30. The Morgan fingerprint density at radius 3 is 2.40 bits per heavy atom. The second-order valence-corrected chi connectivity index (χ2v) is 5.85. The lowest BCUT2D eigenvalue weighted by Crippen LogP contribution is -2.17. The Bertz CT molecular complexity index is 899. The molecule has 0 atom stereocenters. The number of ether oxygens (including phenoxy) is 1. The number of aromatic nitrogens is 1. The lowest BCUT2D eigenvalue weighted by molar-refractivity contribution is -0.274. The van der Waals surface area contributed by atoms with Crippen molar-refractivity contribution in [3.8, 4) is 11.6 Å². The molecule has 0 fully saturated rings. The van der Waals surface area contributed by atoms with Gasteiger partial charge < -0.3 is 20.1 Å². The van der Waals surface area contributed by atoms with Gasteiger partial charge in [0, 0.05) is 23.5 Å². The van der Waals surface area contributed by atoms with E-state index in [0.717, 1.165) is 27.5 Å². The number of aryl methyl sites for hydroxylation is 1. The highest BCUT2D eigenvalue weighted by Gasteiger charge is 2.30. The van der Waals surface area contributed by atoms with Crippen molar-refractivity contribution in [1.82, 2.24) is 4.57 Å². The van der Waals surface area contributed by atoms with Crippen LogP contribution in [0, 0.1) is 6.92 Å². The van der Waals surface area contributed by atoms with E-state index in [2.05, 4.69) is 4.74 Å². The average molecular weight is 350 g/mol. The van der Waals surface area contributed by atoms with Gasteiger partial charge in [0.15, 0.2) is 5.88 Å². The fourth-order valence-electron chi connectivity index (χ4n) is 2.90. The lowest BCUT2D eigenvalue weighted by atomic mass is 10.1. The topological polar surface area (TPSA) is 60.4 Å². The van der Waals surface area contributed by atoms with Crippen molar-refractivity contribution in [3.63, 3.8) is 0 Å². The van der Waals surface area contributed by atoms with Crippen molar-refractivity contribution in [2.75, 3.05) is 0 Å². The van der Waals surface area contributed by atoms with E-state index in [-0.39, 0.29) is 11.6 Å². The van der Waals surface area contributed by atoms with E-state index in [1.807, 2.05) is 19.1 Å². The van der Waals surface area contributed by atoms with Crippen LogP contribution in [-0.4, -0.2) is 16.0 Å². The van der Waals surface area contributed by atoms with E-state index in [1.54, 1.807) is 10.8 Å². The molecule has 0 saturated carbocycles. The Hall–Kier alpha value is -2.67. The molecule has 3 rings (SSSR count). The molecule has 0 aliphatic carbocycles. The van der Waals surface area contributed by atoms with Crippen LogP contribution in [-0.2, 0) is 13.1 Å². The van der Waals surface area contributed by atoms with E-state index < -0.39 is 6.36 Å². The van der Waals surface area contributed by atoms with Crippen LogP contribution < -0.4 is 10.5 Å². The second kappa shape index (κ2) is 6.33. The molecule has 1 heterocycles. The van der Waals surface area contributed by atoms with Crippen LogP contribution >= 0.6 is 0 Å². The summed E-state index contributed by atoms with van der Waals surface area (Å²) in [6.45, 7) is 2.63. The van der Waals surface area contributed by atoms with Crippen LogP contribution in [0.1, 0.15) is 16.7 Å². The maximum Gasteiger partial charge on any atom is 0.573 e. The number of aromatic hydroxyl groups is 1. The van der Waals surface area contributed by atoms with Crippen LogP contribution in [0.15, 0.2) is 42.6 Å². The predicted molar refractivity (Wildman–Crippen MR) is 88.5 cm³/mol. The molecule has 0 radical (unpaired) electrons. The van der Waals surface area contributed by atoms with Gasteiger partial charge in [-0.15, -0.1) is 13.2 Å². The first-order valence-corrected chi connectivity index (χ1v) is 7.63. The minimum atomic E-state index is -4.71. The molecule has 25 heavy (non-hydrogen) atoms. The summed E-state index contributed by atoms with van der Waals surface area (Å²) in [7, 11) is 0. The zero-order valence-corrected chi connectivity index (χ0v) is 13.5. The normalized spacial score (nSPS) is 11.9. The Kier molecular flexibility index (Phi) is 4.34. The minimum absolute atomic E-state index is 0.117. The van der Waals surface area contributed by atoms with E-state index >= 15 is 0 Å². The van der Waals surface area contributed by atoms with Crippen LogP contribution in [0.4, 0.5) is 13.2 Å². The van der Waals surface area contributed by atoms with Gasteiger partial charge in [0.25, 0.3) is 0 Å². The number of nitrogens with two attached hydrogens (primary N) is 1. The molecule has 3 N–H and O–H groups in total. The molecular formula is C18H17F3N2O2. The lowest BCUT2D eigenvalue weighted by Gasteiger charge is -2.10. The molecule has 1 aromatic heterocycles. The number of halogens is 3. The molecule has 0 amide bonds. The van der Waals surface area contributed by atoms with E-state index in [0.29, 0.717) is 13.1 Å². The SMILES string of the molecule is Cc1cc(CN)cc2cn(Cc3ccc(OC(F)(F)F)cc3)c(O)c12. The number of rotatable bonds is 4. The van der Waals surface area contributed by atoms with Crippen molar-refractivity contribution in [3.05, 3.63) is 59.3 Å². The Balaban J connectivity index is 1.88. The van der Waals surface area contributed by atoms with Crippen molar-refractivity contribution < 1.29 is 23.0 Å². The van der Waals surface area contributed by atoms with Gasteiger partial charge in [0.2, 0.25) is 0 Å². The van der Waals surface area contributed by atoms with E-state index in [4.69, 9.17) is 5.73 Å². The summed E-state index contributed by atoms with van der Waals surface area (Å²) < 4.78 is 42.1. The van der Waals surface area contributed by atoms with Gasteiger partial charge in [-0.1, -0.05) is 18.2 Å². The van der Waals surface area contributed by atoms with Crippen LogP contribution in [0.25, 0.3) is 10.8 Å². The summed E-state index contributed by atoms with van der Waals surface area (Å²) >= 11 is 0. The van der Waals surface area contributed by atoms with Crippen molar-refractivity contribution in [1.29, 1.82) is 0 Å². The third kappa shape index (κ3) is 3.71. The number of hydrogen-bond acceptors (Lipinski definition) is 3. The van der Waals surface area contributed by atoms with Crippen molar-refractivity contribution in [2.24, 2.45) is 5.73 Å². The van der Waals surface area contributed by atoms with Crippen LogP contribution in [0.3, 0.4) is 0 Å². The van der Waals surface area contributed by atoms with E-state index in [1.165, 1.54) is 24.3 Å². The van der Waals surface area contributed by atoms with Gasteiger partial charge in [0.05, 0.1) is 6.54 Å². The van der Waals surface area contributed by atoms with Crippen LogP contribution in [0.2, 0.25) is 0 Å². The first kappa shape index (κ1) is 17.2. The highest BCUT2D eigenvalue weighted by molar-refractivity contribution is 5.91. The smallest absolute Gasteiger partial charge is 0.494 e. The van der Waals surface area contributed by atoms with Gasteiger partial charge in [-0.2, -0.15) is 0 Å². The fraction of sp³-hybridized carbons (Fsp3) is 0.222.